The molecule has 0 fully saturated rings. The van der Waals surface area contributed by atoms with Crippen molar-refractivity contribution < 1.29 is 17.3 Å². The quantitative estimate of drug-likeness (QED) is 0.327. The number of aromatic nitrogens is 4. The molecule has 0 aliphatic heterocycles. The molecule has 0 atom stereocenters. The van der Waals surface area contributed by atoms with Gasteiger partial charge in [0.15, 0.2) is 0 Å². The molecule has 0 amide bonds. The number of nitrogens with one attached hydrogen (secondary N) is 1. The Kier molecular flexibility index (Phi) is 6.11. The monoisotopic (exact) mass is 503 g/mol. The van der Waals surface area contributed by atoms with Gasteiger partial charge in [-0.25, -0.2) is 17.8 Å². The first-order chi connectivity index (χ1) is 17.3. The number of halogens is 1. The van der Waals surface area contributed by atoms with E-state index < -0.39 is 10.0 Å². The first-order valence-corrected chi connectivity index (χ1v) is 12.6. The minimum atomic E-state index is -3.68. The van der Waals surface area contributed by atoms with Crippen LogP contribution in [-0.2, 0) is 16.6 Å². The first-order valence-electron chi connectivity index (χ1n) is 11.1. The summed E-state index contributed by atoms with van der Waals surface area (Å²) in [4.78, 5) is 8.85. The summed E-state index contributed by atoms with van der Waals surface area (Å²) in [5.74, 6) is 0.120. The maximum absolute atomic E-state index is 13.5. The zero-order chi connectivity index (χ0) is 25.3. The zero-order valence-corrected chi connectivity index (χ0v) is 20.3. The van der Waals surface area contributed by atoms with E-state index in [0.717, 1.165) is 16.7 Å². The average molecular weight is 504 g/mol. The lowest BCUT2D eigenvalue weighted by Gasteiger charge is -2.10. The van der Waals surface area contributed by atoms with E-state index in [2.05, 4.69) is 19.8 Å². The number of sulfonamides is 1. The van der Waals surface area contributed by atoms with Crippen molar-refractivity contribution in [2.75, 3.05) is 4.72 Å². The van der Waals surface area contributed by atoms with E-state index in [1.807, 2.05) is 30.5 Å². The SMILES string of the molecule is Cc1ccc(S(=O)(=O)Nc2ccc(Cn3cnc(-c4nc(-c5cccc(F)c5)no4)c3)cc2)cc1C. The van der Waals surface area contributed by atoms with Gasteiger partial charge in [-0.15, -0.1) is 0 Å². The Morgan fingerprint density at radius 3 is 2.56 bits per heavy atom. The molecule has 1 N–H and O–H groups in total. The molecule has 0 saturated heterocycles. The number of nitrogens with zero attached hydrogens (tertiary/aromatic N) is 4. The Bertz CT molecular complexity index is 1640. The molecule has 3 aromatic carbocycles. The summed E-state index contributed by atoms with van der Waals surface area (Å²) in [7, 11) is -3.68. The molecule has 36 heavy (non-hydrogen) atoms. The molecule has 0 aliphatic rings. The highest BCUT2D eigenvalue weighted by molar-refractivity contribution is 7.92. The molecule has 0 unspecified atom stereocenters. The second kappa shape index (κ2) is 9.38. The number of anilines is 1. The maximum atomic E-state index is 13.5. The van der Waals surface area contributed by atoms with Crippen LogP contribution in [0, 0.1) is 19.7 Å². The van der Waals surface area contributed by atoms with Crippen LogP contribution in [0.25, 0.3) is 23.0 Å². The van der Waals surface area contributed by atoms with Gasteiger partial charge in [-0.2, -0.15) is 4.98 Å². The summed E-state index contributed by atoms with van der Waals surface area (Å²) in [5, 5.41) is 3.91. The van der Waals surface area contributed by atoms with Gasteiger partial charge >= 0.3 is 0 Å². The fourth-order valence-corrected chi connectivity index (χ4v) is 4.76. The summed E-state index contributed by atoms with van der Waals surface area (Å²) in [6.07, 6.45) is 3.40. The van der Waals surface area contributed by atoms with Crippen LogP contribution in [0.5, 0.6) is 0 Å². The average Bonchev–Trinajstić information content (AvgIpc) is 3.52. The summed E-state index contributed by atoms with van der Waals surface area (Å²) in [5.41, 5.74) is 4.37. The van der Waals surface area contributed by atoms with Gasteiger partial charge in [0.2, 0.25) is 5.82 Å². The number of rotatable bonds is 7. The van der Waals surface area contributed by atoms with Crippen molar-refractivity contribution in [2.45, 2.75) is 25.3 Å². The van der Waals surface area contributed by atoms with Crippen LogP contribution in [0.4, 0.5) is 10.1 Å². The summed E-state index contributed by atoms with van der Waals surface area (Å²) < 4.78 is 48.7. The molecule has 0 saturated carbocycles. The van der Waals surface area contributed by atoms with Gasteiger partial charge in [0, 0.05) is 24.0 Å². The van der Waals surface area contributed by atoms with Crippen LogP contribution in [0.1, 0.15) is 16.7 Å². The van der Waals surface area contributed by atoms with Gasteiger partial charge in [-0.3, -0.25) is 4.72 Å². The molecule has 0 aliphatic carbocycles. The van der Waals surface area contributed by atoms with E-state index in [1.54, 1.807) is 55.0 Å². The zero-order valence-electron chi connectivity index (χ0n) is 19.5. The normalized spacial score (nSPS) is 11.5. The number of imidazole rings is 1. The van der Waals surface area contributed by atoms with Crippen LogP contribution in [-0.4, -0.2) is 28.1 Å². The van der Waals surface area contributed by atoms with E-state index in [1.165, 1.54) is 12.1 Å². The maximum Gasteiger partial charge on any atom is 0.278 e. The molecular weight excluding hydrogens is 481 g/mol. The second-order valence-corrected chi connectivity index (χ2v) is 10.1. The van der Waals surface area contributed by atoms with Gasteiger partial charge in [-0.1, -0.05) is 35.5 Å². The molecule has 5 aromatic rings. The fraction of sp³-hybridized carbons (Fsp3) is 0.115. The van der Waals surface area contributed by atoms with Crippen molar-refractivity contribution >= 4 is 15.7 Å². The van der Waals surface area contributed by atoms with E-state index >= 15 is 0 Å². The smallest absolute Gasteiger partial charge is 0.278 e. The topological polar surface area (TPSA) is 103 Å². The van der Waals surface area contributed by atoms with Crippen LogP contribution >= 0.6 is 0 Å². The van der Waals surface area contributed by atoms with Crippen molar-refractivity contribution in [2.24, 2.45) is 0 Å². The molecule has 10 heteroatoms. The summed E-state index contributed by atoms with van der Waals surface area (Å²) >= 11 is 0. The molecule has 8 nitrogen and oxygen atoms in total. The molecular formula is C26H22FN5O3S. The summed E-state index contributed by atoms with van der Waals surface area (Å²) in [6, 6.07) is 18.1. The number of hydrogen-bond acceptors (Lipinski definition) is 6. The Morgan fingerprint density at radius 2 is 1.81 bits per heavy atom. The van der Waals surface area contributed by atoms with Gasteiger partial charge in [0.25, 0.3) is 15.9 Å². The van der Waals surface area contributed by atoms with E-state index in [4.69, 9.17) is 4.52 Å². The Balaban J connectivity index is 1.26. The minimum absolute atomic E-state index is 0.224. The van der Waals surface area contributed by atoms with Crippen LogP contribution in [0.15, 0.2) is 88.7 Å². The summed E-state index contributed by atoms with van der Waals surface area (Å²) in [6.45, 7) is 4.32. The van der Waals surface area contributed by atoms with Crippen molar-refractivity contribution in [1.82, 2.24) is 19.7 Å². The van der Waals surface area contributed by atoms with Crippen LogP contribution in [0.3, 0.4) is 0 Å². The lowest BCUT2D eigenvalue weighted by molar-refractivity contribution is 0.431. The second-order valence-electron chi connectivity index (χ2n) is 8.41. The molecule has 0 radical (unpaired) electrons. The number of hydrogen-bond donors (Lipinski definition) is 1. The third kappa shape index (κ3) is 5.03. The highest BCUT2D eigenvalue weighted by Crippen LogP contribution is 2.23. The Hall–Kier alpha value is -4.31. The van der Waals surface area contributed by atoms with Crippen molar-refractivity contribution in [3.8, 4) is 23.0 Å². The standard InChI is InChI=1S/C26H22FN5O3S/c1-17-6-11-23(12-18(17)2)36(33,34)31-22-9-7-19(8-10-22)14-32-15-24(28-16-32)26-29-25(30-35-26)20-4-3-5-21(27)13-20/h3-13,15-16,31H,14H2,1-2H3. The largest absolute Gasteiger partial charge is 0.332 e. The lowest BCUT2D eigenvalue weighted by atomic mass is 10.1. The predicted molar refractivity (Wildman–Crippen MR) is 133 cm³/mol. The van der Waals surface area contributed by atoms with E-state index in [0.29, 0.717) is 23.5 Å². The van der Waals surface area contributed by atoms with Crippen molar-refractivity contribution in [3.63, 3.8) is 0 Å². The molecule has 2 heterocycles. The molecule has 5 rings (SSSR count). The van der Waals surface area contributed by atoms with Gasteiger partial charge < -0.3 is 9.09 Å². The number of aryl methyl sites for hydroxylation is 2. The minimum Gasteiger partial charge on any atom is -0.332 e. The third-order valence-corrected chi connectivity index (χ3v) is 7.10. The highest BCUT2D eigenvalue weighted by Gasteiger charge is 2.16. The van der Waals surface area contributed by atoms with Gasteiger partial charge in [0.05, 0.1) is 11.2 Å². The van der Waals surface area contributed by atoms with Crippen LogP contribution < -0.4 is 4.72 Å². The predicted octanol–water partition coefficient (Wildman–Crippen LogP) is 5.21. The van der Waals surface area contributed by atoms with Gasteiger partial charge in [0.1, 0.15) is 11.5 Å². The number of benzene rings is 3. The molecule has 0 spiro atoms. The third-order valence-electron chi connectivity index (χ3n) is 5.72. The van der Waals surface area contributed by atoms with Crippen molar-refractivity contribution in [3.05, 3.63) is 102 Å². The van der Waals surface area contributed by atoms with E-state index in [-0.39, 0.29) is 22.4 Å². The van der Waals surface area contributed by atoms with Gasteiger partial charge in [-0.05, 0) is 66.9 Å². The highest BCUT2D eigenvalue weighted by atomic mass is 32.2. The molecule has 0 bridgehead atoms. The lowest BCUT2D eigenvalue weighted by Crippen LogP contribution is -2.13. The molecule has 182 valence electrons. The van der Waals surface area contributed by atoms with Crippen molar-refractivity contribution in [1.29, 1.82) is 0 Å². The fourth-order valence-electron chi connectivity index (χ4n) is 3.61. The molecule has 2 aromatic heterocycles. The van der Waals surface area contributed by atoms with Crippen LogP contribution in [0.2, 0.25) is 0 Å². The van der Waals surface area contributed by atoms with E-state index in [9.17, 15) is 12.8 Å². The first kappa shape index (κ1) is 23.4. The Morgan fingerprint density at radius 1 is 1.00 bits per heavy atom. The Labute approximate surface area is 207 Å².